The summed E-state index contributed by atoms with van der Waals surface area (Å²) in [5.74, 6) is 0.390. The van der Waals surface area contributed by atoms with E-state index in [-0.39, 0.29) is 16.5 Å². The molecule has 3 rings (SSSR count). The predicted octanol–water partition coefficient (Wildman–Crippen LogP) is 3.32. The summed E-state index contributed by atoms with van der Waals surface area (Å²) in [6.45, 7) is 0.320. The van der Waals surface area contributed by atoms with Gasteiger partial charge in [-0.3, -0.25) is 4.79 Å². The van der Waals surface area contributed by atoms with Gasteiger partial charge in [-0.05, 0) is 17.7 Å². The largest absolute Gasteiger partial charge is 0.481 e. The third kappa shape index (κ3) is 4.22. The second kappa shape index (κ2) is 7.85. The molecule has 0 saturated carbocycles. The van der Waals surface area contributed by atoms with E-state index < -0.39 is 17.3 Å². The normalized spacial score (nSPS) is 11.3. The monoisotopic (exact) mass is 411 g/mol. The van der Waals surface area contributed by atoms with Crippen molar-refractivity contribution in [1.29, 1.82) is 0 Å². The molecule has 0 fully saturated rings. The standard InChI is InChI=1S/C17H13ClF3N5O2/c1-28-14-5-2-10(7-24-14)6-22-12-9-25-26(16(27)15(12)18)13-4-3-11(8-23-13)17(19,20)21/h2-5,7-9,22H,6H2,1H3. The highest BCUT2D eigenvalue weighted by atomic mass is 35.5. The number of aromatic nitrogens is 4. The quantitative estimate of drug-likeness (QED) is 0.693. The fraction of sp³-hybridized carbons (Fsp3) is 0.176. The maximum absolute atomic E-state index is 12.6. The Hall–Kier alpha value is -3.14. The highest BCUT2D eigenvalue weighted by molar-refractivity contribution is 6.32. The Morgan fingerprint density at radius 3 is 2.50 bits per heavy atom. The maximum atomic E-state index is 12.6. The van der Waals surface area contributed by atoms with Crippen molar-refractivity contribution in [2.24, 2.45) is 0 Å². The maximum Gasteiger partial charge on any atom is 0.417 e. The van der Waals surface area contributed by atoms with Crippen LogP contribution in [0.4, 0.5) is 18.9 Å². The topological polar surface area (TPSA) is 81.9 Å². The van der Waals surface area contributed by atoms with Crippen LogP contribution in [0.5, 0.6) is 5.88 Å². The van der Waals surface area contributed by atoms with Gasteiger partial charge in [0.15, 0.2) is 5.82 Å². The van der Waals surface area contributed by atoms with E-state index >= 15 is 0 Å². The molecule has 0 aliphatic heterocycles. The van der Waals surface area contributed by atoms with Crippen LogP contribution >= 0.6 is 11.6 Å². The molecule has 0 aliphatic rings. The zero-order valence-corrected chi connectivity index (χ0v) is 15.1. The molecule has 0 aromatic carbocycles. The number of rotatable bonds is 5. The van der Waals surface area contributed by atoms with Gasteiger partial charge in [-0.15, -0.1) is 0 Å². The molecule has 7 nitrogen and oxygen atoms in total. The number of anilines is 1. The van der Waals surface area contributed by atoms with Crippen LogP contribution in [0, 0.1) is 0 Å². The molecule has 0 bridgehead atoms. The highest BCUT2D eigenvalue weighted by Crippen LogP contribution is 2.28. The first-order chi connectivity index (χ1) is 13.3. The molecule has 3 aromatic heterocycles. The number of pyridine rings is 2. The van der Waals surface area contributed by atoms with Gasteiger partial charge in [-0.1, -0.05) is 17.7 Å². The van der Waals surface area contributed by atoms with E-state index in [2.05, 4.69) is 20.4 Å². The summed E-state index contributed by atoms with van der Waals surface area (Å²) in [6, 6.07) is 5.33. The van der Waals surface area contributed by atoms with Crippen molar-refractivity contribution in [3.63, 3.8) is 0 Å². The summed E-state index contributed by atoms with van der Waals surface area (Å²) in [5, 5.41) is 6.71. The fourth-order valence-electron chi connectivity index (χ4n) is 2.23. The second-order valence-corrected chi connectivity index (χ2v) is 5.93. The first-order valence-electron chi connectivity index (χ1n) is 7.84. The van der Waals surface area contributed by atoms with Gasteiger partial charge in [-0.2, -0.15) is 23.0 Å². The van der Waals surface area contributed by atoms with Gasteiger partial charge in [0.1, 0.15) is 5.02 Å². The molecule has 0 atom stereocenters. The van der Waals surface area contributed by atoms with Gasteiger partial charge in [0.25, 0.3) is 5.56 Å². The minimum Gasteiger partial charge on any atom is -0.481 e. The van der Waals surface area contributed by atoms with E-state index in [1.807, 2.05) is 0 Å². The minimum atomic E-state index is -4.52. The van der Waals surface area contributed by atoms with Crippen molar-refractivity contribution in [1.82, 2.24) is 19.7 Å². The van der Waals surface area contributed by atoms with Gasteiger partial charge in [-0.25, -0.2) is 9.97 Å². The van der Waals surface area contributed by atoms with Gasteiger partial charge in [0.2, 0.25) is 5.88 Å². The zero-order valence-electron chi connectivity index (χ0n) is 14.4. The van der Waals surface area contributed by atoms with Crippen molar-refractivity contribution in [3.8, 4) is 11.7 Å². The van der Waals surface area contributed by atoms with Crippen LogP contribution in [0.25, 0.3) is 5.82 Å². The van der Waals surface area contributed by atoms with Crippen molar-refractivity contribution in [3.05, 3.63) is 69.4 Å². The van der Waals surface area contributed by atoms with Crippen LogP contribution in [0.3, 0.4) is 0 Å². The van der Waals surface area contributed by atoms with Crippen LogP contribution in [-0.2, 0) is 12.7 Å². The summed E-state index contributed by atoms with van der Waals surface area (Å²) >= 11 is 6.09. The lowest BCUT2D eigenvalue weighted by Crippen LogP contribution is -2.23. The highest BCUT2D eigenvalue weighted by Gasteiger charge is 2.30. The summed E-state index contributed by atoms with van der Waals surface area (Å²) < 4.78 is 43.7. The number of halogens is 4. The first kappa shape index (κ1) is 19.6. The van der Waals surface area contributed by atoms with Crippen molar-refractivity contribution in [2.45, 2.75) is 12.7 Å². The van der Waals surface area contributed by atoms with E-state index in [1.54, 1.807) is 18.3 Å². The molecule has 11 heteroatoms. The molecule has 146 valence electrons. The Bertz CT molecular complexity index is 1020. The first-order valence-corrected chi connectivity index (χ1v) is 8.21. The van der Waals surface area contributed by atoms with Crippen molar-refractivity contribution in [2.75, 3.05) is 12.4 Å². The Balaban J connectivity index is 1.79. The minimum absolute atomic E-state index is 0.0780. The van der Waals surface area contributed by atoms with Crippen molar-refractivity contribution >= 4 is 17.3 Å². The Labute approximate surface area is 161 Å². The summed E-state index contributed by atoms with van der Waals surface area (Å²) in [7, 11) is 1.51. The molecule has 28 heavy (non-hydrogen) atoms. The Morgan fingerprint density at radius 2 is 1.93 bits per heavy atom. The van der Waals surface area contributed by atoms with Crippen LogP contribution in [0.2, 0.25) is 5.02 Å². The summed E-state index contributed by atoms with van der Waals surface area (Å²) in [6.07, 6.45) is -1.01. The molecule has 1 N–H and O–H groups in total. The zero-order chi connectivity index (χ0) is 20.3. The van der Waals surface area contributed by atoms with E-state index in [1.165, 1.54) is 13.3 Å². The summed E-state index contributed by atoms with van der Waals surface area (Å²) in [4.78, 5) is 20.1. The third-order valence-corrected chi connectivity index (χ3v) is 4.07. The number of hydrogen-bond donors (Lipinski definition) is 1. The SMILES string of the molecule is COc1ccc(CNc2cnn(-c3ccc(C(F)(F)F)cn3)c(=O)c2Cl)cn1. The predicted molar refractivity (Wildman–Crippen MR) is 95.8 cm³/mol. The van der Waals surface area contributed by atoms with Gasteiger partial charge < -0.3 is 10.1 Å². The molecule has 0 saturated heterocycles. The van der Waals surface area contributed by atoms with Gasteiger partial charge in [0.05, 0.1) is 24.6 Å². The van der Waals surface area contributed by atoms with Crippen LogP contribution < -0.4 is 15.6 Å². The fourth-order valence-corrected chi connectivity index (χ4v) is 2.43. The molecule has 0 amide bonds. The molecule has 0 aliphatic carbocycles. The molecule has 3 aromatic rings. The van der Waals surface area contributed by atoms with E-state index in [4.69, 9.17) is 16.3 Å². The molecule has 3 heterocycles. The second-order valence-electron chi connectivity index (χ2n) is 5.55. The number of hydrogen-bond acceptors (Lipinski definition) is 6. The van der Waals surface area contributed by atoms with Gasteiger partial charge in [0, 0.05) is 25.0 Å². The van der Waals surface area contributed by atoms with Gasteiger partial charge >= 0.3 is 6.18 Å². The number of alkyl halides is 3. The smallest absolute Gasteiger partial charge is 0.417 e. The van der Waals surface area contributed by atoms with E-state index in [9.17, 15) is 18.0 Å². The average Bonchev–Trinajstić information content (AvgIpc) is 2.69. The van der Waals surface area contributed by atoms with Crippen LogP contribution in [0.1, 0.15) is 11.1 Å². The third-order valence-electron chi connectivity index (χ3n) is 3.70. The molecule has 0 radical (unpaired) electrons. The lowest BCUT2D eigenvalue weighted by atomic mass is 10.2. The molecule has 0 spiro atoms. The molecular formula is C17H13ClF3N5O2. The number of methoxy groups -OCH3 is 1. The Kier molecular flexibility index (Phi) is 5.50. The van der Waals surface area contributed by atoms with Crippen molar-refractivity contribution < 1.29 is 17.9 Å². The molecule has 0 unspecified atom stereocenters. The number of ether oxygens (including phenoxy) is 1. The number of nitrogens with zero attached hydrogens (tertiary/aromatic N) is 4. The van der Waals surface area contributed by atoms with E-state index in [0.717, 1.165) is 22.4 Å². The lowest BCUT2D eigenvalue weighted by Gasteiger charge is -2.11. The molecular weight excluding hydrogens is 399 g/mol. The van der Waals surface area contributed by atoms with Crippen LogP contribution in [-0.4, -0.2) is 26.9 Å². The van der Waals surface area contributed by atoms with E-state index in [0.29, 0.717) is 18.6 Å². The van der Waals surface area contributed by atoms with Crippen LogP contribution in [0.15, 0.2) is 47.7 Å². The Morgan fingerprint density at radius 1 is 1.14 bits per heavy atom. The number of nitrogens with one attached hydrogen (secondary N) is 1. The lowest BCUT2D eigenvalue weighted by molar-refractivity contribution is -0.137. The average molecular weight is 412 g/mol. The summed E-state index contributed by atoms with van der Waals surface area (Å²) in [5.41, 5.74) is -0.565.